The van der Waals surface area contributed by atoms with Crippen LogP contribution in [-0.2, 0) is 6.42 Å². The van der Waals surface area contributed by atoms with Crippen LogP contribution in [0.15, 0.2) is 164 Å². The van der Waals surface area contributed by atoms with Gasteiger partial charge in [0.1, 0.15) is 0 Å². The van der Waals surface area contributed by atoms with Crippen LogP contribution in [0.4, 0.5) is 0 Å². The molecule has 1 unspecified atom stereocenters. The molecule has 3 heterocycles. The molecule has 3 heteroatoms. The van der Waals surface area contributed by atoms with Crippen molar-refractivity contribution in [3.05, 3.63) is 192 Å². The first kappa shape index (κ1) is 30.1. The molecule has 3 aromatic heterocycles. The summed E-state index contributed by atoms with van der Waals surface area (Å²) in [6.45, 7) is 4.38. The molecule has 10 aromatic rings. The van der Waals surface area contributed by atoms with Crippen LogP contribution in [0.2, 0.25) is 0 Å². The number of para-hydroxylation sites is 4. The van der Waals surface area contributed by atoms with Crippen molar-refractivity contribution in [2.75, 3.05) is 0 Å². The number of nitrogens with zero attached hydrogens (tertiary/aromatic N) is 3. The SMILES string of the molecule is Cc1cc(C)cc(-n2c3c(c4ccccc42)CC(c2ccc4c(c2)c2ccccc2n4-c2cccc(-n4c5ccccc5c5ccccc54)c2)C=C3)c1. The van der Waals surface area contributed by atoms with E-state index < -0.39 is 0 Å². The Morgan fingerprint density at radius 2 is 0.925 bits per heavy atom. The summed E-state index contributed by atoms with van der Waals surface area (Å²) >= 11 is 0. The third kappa shape index (κ3) is 4.53. The topological polar surface area (TPSA) is 14.8 Å². The maximum absolute atomic E-state index is 2.46. The molecule has 252 valence electrons. The second-order valence-corrected chi connectivity index (χ2v) is 14.8. The Kier molecular flexibility index (Phi) is 6.51. The van der Waals surface area contributed by atoms with E-state index in [0.29, 0.717) is 0 Å². The number of fused-ring (bicyclic) bond motifs is 9. The first-order chi connectivity index (χ1) is 26.1. The molecule has 0 fully saturated rings. The maximum atomic E-state index is 2.46. The van der Waals surface area contributed by atoms with Crippen LogP contribution in [0, 0.1) is 13.8 Å². The summed E-state index contributed by atoms with van der Waals surface area (Å²) in [7, 11) is 0. The van der Waals surface area contributed by atoms with Crippen LogP contribution < -0.4 is 0 Å². The van der Waals surface area contributed by atoms with E-state index in [1.54, 1.807) is 0 Å². The average Bonchev–Trinajstić information content (AvgIpc) is 3.83. The van der Waals surface area contributed by atoms with Crippen molar-refractivity contribution in [2.24, 2.45) is 0 Å². The highest BCUT2D eigenvalue weighted by molar-refractivity contribution is 6.10. The number of benzene rings is 7. The van der Waals surface area contributed by atoms with Crippen LogP contribution in [0.5, 0.6) is 0 Å². The molecule has 1 aliphatic rings. The van der Waals surface area contributed by atoms with Crippen LogP contribution in [0.1, 0.15) is 33.9 Å². The zero-order valence-electron chi connectivity index (χ0n) is 29.8. The zero-order chi connectivity index (χ0) is 35.2. The summed E-state index contributed by atoms with van der Waals surface area (Å²) in [4.78, 5) is 0. The van der Waals surface area contributed by atoms with Crippen molar-refractivity contribution < 1.29 is 0 Å². The monoisotopic (exact) mass is 679 g/mol. The van der Waals surface area contributed by atoms with Crippen molar-refractivity contribution in [1.82, 2.24) is 13.7 Å². The van der Waals surface area contributed by atoms with Gasteiger partial charge in [-0.1, -0.05) is 97.1 Å². The molecular weight excluding hydrogens is 643 g/mol. The number of hydrogen-bond donors (Lipinski definition) is 0. The molecule has 0 aliphatic heterocycles. The number of allylic oxidation sites excluding steroid dienone is 1. The van der Waals surface area contributed by atoms with E-state index in [2.05, 4.69) is 197 Å². The van der Waals surface area contributed by atoms with Crippen molar-refractivity contribution in [3.8, 4) is 17.1 Å². The summed E-state index contributed by atoms with van der Waals surface area (Å²) in [5, 5.41) is 6.46. The Bertz CT molecular complexity index is 3050. The van der Waals surface area contributed by atoms with E-state index in [4.69, 9.17) is 0 Å². The fraction of sp³-hybridized carbons (Fsp3) is 0.0800. The van der Waals surface area contributed by atoms with Gasteiger partial charge in [0.05, 0.1) is 27.6 Å². The standard InChI is InChI=1S/C50H37N3/c1-32-26-33(2)28-38(27-32)53-48-21-10-6-17-42(48)44-30-35(23-25-50(44)53)34-22-24-49-43(29-34)41-16-5-9-20-47(41)52(49)37-13-11-12-36(31-37)51-45-18-7-3-14-39(45)40-15-4-8-19-46(40)51/h3-29,31,35H,30H2,1-2H3. The molecule has 1 atom stereocenters. The highest BCUT2D eigenvalue weighted by atomic mass is 15.0. The Morgan fingerprint density at radius 1 is 0.415 bits per heavy atom. The Balaban J connectivity index is 1.04. The first-order valence-electron chi connectivity index (χ1n) is 18.6. The molecule has 0 spiro atoms. The zero-order valence-corrected chi connectivity index (χ0v) is 29.8. The van der Waals surface area contributed by atoms with E-state index in [9.17, 15) is 0 Å². The predicted octanol–water partition coefficient (Wildman–Crippen LogP) is 12.8. The molecule has 3 nitrogen and oxygen atoms in total. The molecule has 1 aliphatic carbocycles. The van der Waals surface area contributed by atoms with Gasteiger partial charge in [-0.25, -0.2) is 0 Å². The molecule has 53 heavy (non-hydrogen) atoms. The third-order valence-corrected chi connectivity index (χ3v) is 11.4. The van der Waals surface area contributed by atoms with E-state index in [-0.39, 0.29) is 5.92 Å². The first-order valence-corrected chi connectivity index (χ1v) is 18.6. The Hall–Kier alpha value is -6.58. The van der Waals surface area contributed by atoms with Gasteiger partial charge in [0.15, 0.2) is 0 Å². The van der Waals surface area contributed by atoms with E-state index in [1.807, 2.05) is 0 Å². The fourth-order valence-electron chi connectivity index (χ4n) is 9.27. The summed E-state index contributed by atoms with van der Waals surface area (Å²) in [5.74, 6) is 0.283. The van der Waals surface area contributed by atoms with Crippen molar-refractivity contribution in [1.29, 1.82) is 0 Å². The summed E-state index contributed by atoms with van der Waals surface area (Å²) in [6.07, 6.45) is 5.76. The second kappa shape index (κ2) is 11.5. The van der Waals surface area contributed by atoms with Crippen molar-refractivity contribution >= 4 is 60.6 Å². The molecule has 0 N–H and O–H groups in total. The number of hydrogen-bond acceptors (Lipinski definition) is 0. The largest absolute Gasteiger partial charge is 0.310 e. The van der Waals surface area contributed by atoms with Crippen LogP contribution in [-0.4, -0.2) is 13.7 Å². The van der Waals surface area contributed by atoms with Gasteiger partial charge in [-0.3, -0.25) is 0 Å². The van der Waals surface area contributed by atoms with E-state index in [0.717, 1.165) is 17.8 Å². The van der Waals surface area contributed by atoms with Gasteiger partial charge in [0.2, 0.25) is 0 Å². The predicted molar refractivity (Wildman–Crippen MR) is 223 cm³/mol. The lowest BCUT2D eigenvalue weighted by atomic mass is 9.86. The lowest BCUT2D eigenvalue weighted by Gasteiger charge is -2.20. The quantitative estimate of drug-likeness (QED) is 0.176. The molecule has 0 amide bonds. The Labute approximate surface area is 308 Å². The van der Waals surface area contributed by atoms with Crippen LogP contribution in [0.25, 0.3) is 77.7 Å². The van der Waals surface area contributed by atoms with Gasteiger partial charge < -0.3 is 13.7 Å². The van der Waals surface area contributed by atoms with Gasteiger partial charge >= 0.3 is 0 Å². The molecule has 0 saturated heterocycles. The summed E-state index contributed by atoms with van der Waals surface area (Å²) < 4.78 is 7.31. The van der Waals surface area contributed by atoms with Gasteiger partial charge in [-0.05, 0) is 115 Å². The Morgan fingerprint density at radius 3 is 1.53 bits per heavy atom. The number of aromatic nitrogens is 3. The lowest BCUT2D eigenvalue weighted by molar-refractivity contribution is 0.826. The third-order valence-electron chi connectivity index (χ3n) is 11.4. The second-order valence-electron chi connectivity index (χ2n) is 14.8. The lowest BCUT2D eigenvalue weighted by Crippen LogP contribution is -2.07. The van der Waals surface area contributed by atoms with Gasteiger partial charge in [-0.15, -0.1) is 0 Å². The molecular formula is C50H37N3. The number of rotatable bonds is 4. The minimum absolute atomic E-state index is 0.283. The molecule has 7 aromatic carbocycles. The molecule has 0 saturated carbocycles. The minimum atomic E-state index is 0.283. The maximum Gasteiger partial charge on any atom is 0.0541 e. The summed E-state index contributed by atoms with van der Waals surface area (Å²) in [6, 6.07) is 58.3. The van der Waals surface area contributed by atoms with Gasteiger partial charge in [0, 0.05) is 55.6 Å². The highest BCUT2D eigenvalue weighted by Gasteiger charge is 2.25. The smallest absolute Gasteiger partial charge is 0.0541 e. The molecule has 0 radical (unpaired) electrons. The highest BCUT2D eigenvalue weighted by Crippen LogP contribution is 2.41. The molecule has 11 rings (SSSR count). The fourth-order valence-corrected chi connectivity index (χ4v) is 9.27. The van der Waals surface area contributed by atoms with Gasteiger partial charge in [0.25, 0.3) is 0 Å². The van der Waals surface area contributed by atoms with Crippen LogP contribution in [0.3, 0.4) is 0 Å². The van der Waals surface area contributed by atoms with E-state index >= 15 is 0 Å². The number of aryl methyl sites for hydroxylation is 2. The average molecular weight is 680 g/mol. The van der Waals surface area contributed by atoms with E-state index in [1.165, 1.54) is 88.1 Å². The van der Waals surface area contributed by atoms with Gasteiger partial charge in [-0.2, -0.15) is 0 Å². The minimum Gasteiger partial charge on any atom is -0.310 e. The van der Waals surface area contributed by atoms with Crippen molar-refractivity contribution in [2.45, 2.75) is 26.2 Å². The summed E-state index contributed by atoms with van der Waals surface area (Å²) in [5.41, 5.74) is 16.4. The van der Waals surface area contributed by atoms with Crippen LogP contribution >= 0.6 is 0 Å². The van der Waals surface area contributed by atoms with Crippen molar-refractivity contribution in [3.63, 3.8) is 0 Å². The molecule has 0 bridgehead atoms. The normalized spacial score (nSPS) is 14.3.